The third-order valence-corrected chi connectivity index (χ3v) is 3.40. The molecule has 2 amide bonds. The number of hydrogen-bond acceptors (Lipinski definition) is 4. The molecule has 1 aromatic rings. The van der Waals surface area contributed by atoms with Crippen LogP contribution in [-0.2, 0) is 6.54 Å². The van der Waals surface area contributed by atoms with Gasteiger partial charge in [0.25, 0.3) is 0 Å². The molecule has 2 rings (SSSR count). The summed E-state index contributed by atoms with van der Waals surface area (Å²) in [5.41, 5.74) is -0.104. The minimum Gasteiger partial charge on any atom is -0.476 e. The number of carboxylic acids is 1. The highest BCUT2D eigenvalue weighted by Gasteiger charge is 2.27. The lowest BCUT2D eigenvalue weighted by molar-refractivity contribution is 0.0690. The van der Waals surface area contributed by atoms with Crippen LogP contribution in [-0.4, -0.2) is 45.2 Å². The molecule has 1 aliphatic rings. The van der Waals surface area contributed by atoms with Crippen molar-refractivity contribution in [3.05, 3.63) is 11.9 Å². The van der Waals surface area contributed by atoms with E-state index < -0.39 is 5.97 Å². The van der Waals surface area contributed by atoms with Crippen LogP contribution in [0.4, 0.5) is 4.79 Å². The van der Waals surface area contributed by atoms with Gasteiger partial charge in [0.2, 0.25) is 0 Å². The summed E-state index contributed by atoms with van der Waals surface area (Å²) in [4.78, 5) is 22.1. The molecule has 1 atom stereocenters. The Kier molecular flexibility index (Phi) is 4.54. The molecule has 20 heavy (non-hydrogen) atoms. The zero-order valence-electron chi connectivity index (χ0n) is 11.4. The first-order valence-corrected chi connectivity index (χ1v) is 6.71. The summed E-state index contributed by atoms with van der Waals surface area (Å²) in [6, 6.07) is -0.212. The van der Waals surface area contributed by atoms with E-state index in [1.807, 2.05) is 0 Å². The fraction of sp³-hybridized carbons (Fsp3) is 0.667. The fourth-order valence-corrected chi connectivity index (χ4v) is 1.94. The molecule has 3 N–H and O–H groups in total. The SMILES string of the molecule is CC(CNC(=O)NCCn1cc(C(=O)O)nn1)C1CC1. The summed E-state index contributed by atoms with van der Waals surface area (Å²) in [5.74, 6) is 0.171. The van der Waals surface area contributed by atoms with Gasteiger partial charge in [-0.25, -0.2) is 14.3 Å². The quantitative estimate of drug-likeness (QED) is 0.667. The molecule has 1 aromatic heterocycles. The third kappa shape index (κ3) is 4.22. The molecule has 1 saturated carbocycles. The van der Waals surface area contributed by atoms with Crippen LogP contribution in [0.2, 0.25) is 0 Å². The predicted octanol–water partition coefficient (Wildman–Crippen LogP) is 0.322. The maximum absolute atomic E-state index is 11.5. The van der Waals surface area contributed by atoms with E-state index >= 15 is 0 Å². The Morgan fingerprint density at radius 1 is 1.50 bits per heavy atom. The summed E-state index contributed by atoms with van der Waals surface area (Å²) in [5, 5.41) is 21.3. The molecular formula is C12H19N5O3. The van der Waals surface area contributed by atoms with Crippen LogP contribution >= 0.6 is 0 Å². The number of nitrogens with zero attached hydrogens (tertiary/aromatic N) is 3. The van der Waals surface area contributed by atoms with Crippen molar-refractivity contribution in [2.24, 2.45) is 11.8 Å². The topological polar surface area (TPSA) is 109 Å². The monoisotopic (exact) mass is 281 g/mol. The number of nitrogens with one attached hydrogen (secondary N) is 2. The number of aromatic carboxylic acids is 1. The van der Waals surface area contributed by atoms with Crippen LogP contribution < -0.4 is 10.6 Å². The van der Waals surface area contributed by atoms with Crippen molar-refractivity contribution in [1.82, 2.24) is 25.6 Å². The zero-order chi connectivity index (χ0) is 14.5. The Morgan fingerprint density at radius 3 is 2.85 bits per heavy atom. The molecule has 1 unspecified atom stereocenters. The largest absolute Gasteiger partial charge is 0.476 e. The number of rotatable bonds is 7. The van der Waals surface area contributed by atoms with Crippen molar-refractivity contribution < 1.29 is 14.7 Å². The Hall–Kier alpha value is -2.12. The molecule has 0 aromatic carbocycles. The van der Waals surface area contributed by atoms with E-state index in [-0.39, 0.29) is 11.7 Å². The molecule has 0 radical (unpaired) electrons. The highest BCUT2D eigenvalue weighted by molar-refractivity contribution is 5.84. The van der Waals surface area contributed by atoms with E-state index in [9.17, 15) is 9.59 Å². The van der Waals surface area contributed by atoms with Gasteiger partial charge in [-0.15, -0.1) is 5.10 Å². The van der Waals surface area contributed by atoms with Gasteiger partial charge in [0, 0.05) is 13.1 Å². The molecule has 0 aliphatic heterocycles. The third-order valence-electron chi connectivity index (χ3n) is 3.40. The minimum absolute atomic E-state index is 0.104. The van der Waals surface area contributed by atoms with Crippen LogP contribution in [0, 0.1) is 11.8 Å². The van der Waals surface area contributed by atoms with E-state index in [2.05, 4.69) is 27.9 Å². The van der Waals surface area contributed by atoms with E-state index in [0.717, 1.165) is 5.92 Å². The number of hydrogen-bond donors (Lipinski definition) is 3. The van der Waals surface area contributed by atoms with Gasteiger partial charge in [-0.1, -0.05) is 12.1 Å². The number of carbonyl (C=O) groups excluding carboxylic acids is 1. The zero-order valence-corrected chi connectivity index (χ0v) is 11.4. The second kappa shape index (κ2) is 6.36. The van der Waals surface area contributed by atoms with Gasteiger partial charge in [-0.3, -0.25) is 0 Å². The summed E-state index contributed by atoms with van der Waals surface area (Å²) in [6.07, 6.45) is 3.86. The molecule has 1 heterocycles. The average molecular weight is 281 g/mol. The van der Waals surface area contributed by atoms with E-state index in [1.165, 1.54) is 23.7 Å². The molecule has 0 saturated heterocycles. The first-order chi connectivity index (χ1) is 9.56. The fourth-order valence-electron chi connectivity index (χ4n) is 1.94. The van der Waals surface area contributed by atoms with Gasteiger partial charge in [0.15, 0.2) is 5.69 Å². The maximum atomic E-state index is 11.5. The summed E-state index contributed by atoms with van der Waals surface area (Å²) in [7, 11) is 0. The van der Waals surface area contributed by atoms with Crippen LogP contribution in [0.3, 0.4) is 0 Å². The van der Waals surface area contributed by atoms with Crippen LogP contribution in [0.25, 0.3) is 0 Å². The number of urea groups is 1. The van der Waals surface area contributed by atoms with Gasteiger partial charge in [0.05, 0.1) is 12.7 Å². The predicted molar refractivity (Wildman–Crippen MR) is 70.3 cm³/mol. The standard InChI is InChI=1S/C12H19N5O3/c1-8(9-2-3-9)6-14-12(20)13-4-5-17-7-10(11(18)19)15-16-17/h7-9H,2-6H2,1H3,(H,18,19)(H2,13,14,20). The van der Waals surface area contributed by atoms with Crippen molar-refractivity contribution in [1.29, 1.82) is 0 Å². The second-order valence-electron chi connectivity index (χ2n) is 5.12. The van der Waals surface area contributed by atoms with Crippen LogP contribution in [0.5, 0.6) is 0 Å². The Labute approximate surface area is 116 Å². The van der Waals surface area contributed by atoms with Crippen molar-refractivity contribution in [3.63, 3.8) is 0 Å². The highest BCUT2D eigenvalue weighted by atomic mass is 16.4. The summed E-state index contributed by atoms with van der Waals surface area (Å²) in [6.45, 7) is 3.57. The van der Waals surface area contributed by atoms with Crippen molar-refractivity contribution in [3.8, 4) is 0 Å². The molecule has 0 bridgehead atoms. The van der Waals surface area contributed by atoms with Gasteiger partial charge < -0.3 is 15.7 Å². The number of carbonyl (C=O) groups is 2. The number of carboxylic acid groups (broad SMARTS) is 1. The first kappa shape index (κ1) is 14.3. The van der Waals surface area contributed by atoms with Crippen molar-refractivity contribution in [2.75, 3.05) is 13.1 Å². The van der Waals surface area contributed by atoms with Gasteiger partial charge in [-0.05, 0) is 24.7 Å². The maximum Gasteiger partial charge on any atom is 0.358 e. The number of aromatic nitrogens is 3. The van der Waals surface area contributed by atoms with Gasteiger partial charge in [-0.2, -0.15) is 0 Å². The van der Waals surface area contributed by atoms with Crippen molar-refractivity contribution >= 4 is 12.0 Å². The van der Waals surface area contributed by atoms with Gasteiger partial charge in [0.1, 0.15) is 0 Å². The molecule has 8 nitrogen and oxygen atoms in total. The van der Waals surface area contributed by atoms with E-state index in [4.69, 9.17) is 5.11 Å². The Bertz CT molecular complexity index is 483. The lowest BCUT2D eigenvalue weighted by Crippen LogP contribution is -2.39. The molecular weight excluding hydrogens is 262 g/mol. The second-order valence-corrected chi connectivity index (χ2v) is 5.12. The first-order valence-electron chi connectivity index (χ1n) is 6.71. The smallest absolute Gasteiger partial charge is 0.358 e. The van der Waals surface area contributed by atoms with E-state index in [1.54, 1.807) is 0 Å². The average Bonchev–Trinajstić information content (AvgIpc) is 3.15. The Balaban J connectivity index is 1.61. The number of amides is 2. The van der Waals surface area contributed by atoms with Crippen LogP contribution in [0.1, 0.15) is 30.3 Å². The molecule has 8 heteroatoms. The van der Waals surface area contributed by atoms with Crippen LogP contribution in [0.15, 0.2) is 6.20 Å². The normalized spacial score (nSPS) is 15.7. The lowest BCUT2D eigenvalue weighted by atomic mass is 10.1. The molecule has 110 valence electrons. The summed E-state index contributed by atoms with van der Waals surface area (Å²) < 4.78 is 1.39. The Morgan fingerprint density at radius 2 is 2.25 bits per heavy atom. The molecule has 0 spiro atoms. The summed E-state index contributed by atoms with van der Waals surface area (Å²) >= 11 is 0. The van der Waals surface area contributed by atoms with Gasteiger partial charge >= 0.3 is 12.0 Å². The lowest BCUT2D eigenvalue weighted by Gasteiger charge is -2.12. The highest BCUT2D eigenvalue weighted by Crippen LogP contribution is 2.35. The molecule has 1 aliphatic carbocycles. The molecule has 1 fully saturated rings. The van der Waals surface area contributed by atoms with Crippen molar-refractivity contribution in [2.45, 2.75) is 26.3 Å². The van der Waals surface area contributed by atoms with E-state index in [0.29, 0.717) is 25.6 Å². The minimum atomic E-state index is -1.11.